The number of aromatic carboxylic acids is 1. The predicted molar refractivity (Wildman–Crippen MR) is 128 cm³/mol. The summed E-state index contributed by atoms with van der Waals surface area (Å²) in [5, 5.41) is 31.8. The fraction of sp³-hybridized carbons (Fsp3) is 0.321. The largest absolute Gasteiger partial charge is 0.507 e. The Hall–Kier alpha value is -3.27. The highest BCUT2D eigenvalue weighted by Gasteiger charge is 2.26. The molecule has 168 valence electrons. The van der Waals surface area contributed by atoms with Crippen molar-refractivity contribution in [3.8, 4) is 11.5 Å². The molecule has 0 unspecified atom stereocenters. The molecule has 0 amide bonds. The van der Waals surface area contributed by atoms with Gasteiger partial charge in [-0.05, 0) is 65.6 Å². The molecule has 0 aliphatic heterocycles. The first-order valence-corrected chi connectivity index (χ1v) is 11.4. The zero-order valence-electron chi connectivity index (χ0n) is 19.3. The molecule has 0 saturated carbocycles. The zero-order valence-corrected chi connectivity index (χ0v) is 19.3. The third-order valence-electron chi connectivity index (χ3n) is 6.25. The van der Waals surface area contributed by atoms with Gasteiger partial charge in [0, 0.05) is 17.0 Å². The molecule has 0 spiro atoms. The summed E-state index contributed by atoms with van der Waals surface area (Å²) in [5.74, 6) is -0.944. The van der Waals surface area contributed by atoms with Crippen molar-refractivity contribution in [3.05, 3.63) is 93.0 Å². The number of carboxylic acid groups (broad SMARTS) is 1. The molecular formula is C28H32O4. The summed E-state index contributed by atoms with van der Waals surface area (Å²) in [6.07, 6.45) is 3.04. The Bertz CT molecular complexity index is 1050. The molecule has 0 aromatic heterocycles. The Morgan fingerprint density at radius 3 is 1.50 bits per heavy atom. The van der Waals surface area contributed by atoms with E-state index in [1.54, 1.807) is 24.3 Å². The zero-order chi connectivity index (χ0) is 23.4. The number of hydrogen-bond donors (Lipinski definition) is 3. The van der Waals surface area contributed by atoms with Crippen LogP contribution in [-0.4, -0.2) is 21.3 Å². The summed E-state index contributed by atoms with van der Waals surface area (Å²) in [4.78, 5) is 11.4. The molecule has 4 nitrogen and oxygen atoms in total. The maximum atomic E-state index is 11.4. The van der Waals surface area contributed by atoms with Crippen LogP contribution in [0.15, 0.2) is 48.5 Å². The second kappa shape index (κ2) is 9.90. The van der Waals surface area contributed by atoms with Crippen LogP contribution >= 0.6 is 0 Å². The van der Waals surface area contributed by atoms with Crippen molar-refractivity contribution in [1.29, 1.82) is 0 Å². The van der Waals surface area contributed by atoms with Crippen LogP contribution in [-0.2, 0) is 25.7 Å². The van der Waals surface area contributed by atoms with Gasteiger partial charge in [-0.3, -0.25) is 0 Å². The van der Waals surface area contributed by atoms with Crippen molar-refractivity contribution >= 4 is 5.97 Å². The van der Waals surface area contributed by atoms with Crippen LogP contribution in [0.4, 0.5) is 0 Å². The lowest BCUT2D eigenvalue weighted by molar-refractivity contribution is 0.0697. The SMILES string of the molecule is CCc1cc(CC)c(O)c(C(c2ccc(C(=O)O)cc2)c2cc(CC)cc(CC)c2O)c1. The molecule has 0 aliphatic carbocycles. The number of benzene rings is 3. The van der Waals surface area contributed by atoms with E-state index in [1.165, 1.54) is 0 Å². The molecule has 0 atom stereocenters. The van der Waals surface area contributed by atoms with Gasteiger partial charge in [-0.1, -0.05) is 64.1 Å². The van der Waals surface area contributed by atoms with Crippen LogP contribution in [0.2, 0.25) is 0 Å². The molecular weight excluding hydrogens is 400 g/mol. The monoisotopic (exact) mass is 432 g/mol. The van der Waals surface area contributed by atoms with Crippen LogP contribution in [0, 0.1) is 0 Å². The first-order valence-electron chi connectivity index (χ1n) is 11.4. The maximum absolute atomic E-state index is 11.4. The number of phenolic OH excluding ortho intramolecular Hbond substituents is 2. The van der Waals surface area contributed by atoms with E-state index >= 15 is 0 Å². The number of aromatic hydroxyl groups is 2. The predicted octanol–water partition coefficient (Wildman–Crippen LogP) is 6.23. The number of carbonyl (C=O) groups is 1. The van der Waals surface area contributed by atoms with E-state index in [1.807, 2.05) is 38.1 Å². The average molecular weight is 433 g/mol. The minimum Gasteiger partial charge on any atom is -0.507 e. The average Bonchev–Trinajstić information content (AvgIpc) is 2.81. The molecule has 3 aromatic rings. The van der Waals surface area contributed by atoms with Crippen molar-refractivity contribution in [3.63, 3.8) is 0 Å². The molecule has 0 aliphatic rings. The fourth-order valence-corrected chi connectivity index (χ4v) is 4.31. The minimum atomic E-state index is -0.985. The van der Waals surface area contributed by atoms with Crippen LogP contribution in [0.25, 0.3) is 0 Å². The Kier molecular flexibility index (Phi) is 7.24. The van der Waals surface area contributed by atoms with Gasteiger partial charge >= 0.3 is 5.97 Å². The molecule has 0 heterocycles. The third kappa shape index (κ3) is 4.50. The smallest absolute Gasteiger partial charge is 0.335 e. The summed E-state index contributed by atoms with van der Waals surface area (Å²) in [7, 11) is 0. The van der Waals surface area contributed by atoms with Gasteiger partial charge in [-0.15, -0.1) is 0 Å². The van der Waals surface area contributed by atoms with Crippen LogP contribution < -0.4 is 0 Å². The van der Waals surface area contributed by atoms with Crippen molar-refractivity contribution < 1.29 is 20.1 Å². The van der Waals surface area contributed by atoms with Crippen LogP contribution in [0.5, 0.6) is 11.5 Å². The first-order chi connectivity index (χ1) is 15.3. The Morgan fingerprint density at radius 2 is 1.16 bits per heavy atom. The van der Waals surface area contributed by atoms with Crippen molar-refractivity contribution in [2.24, 2.45) is 0 Å². The van der Waals surface area contributed by atoms with Crippen molar-refractivity contribution in [2.75, 3.05) is 0 Å². The summed E-state index contributed by atoms with van der Waals surface area (Å²) < 4.78 is 0. The lowest BCUT2D eigenvalue weighted by Crippen LogP contribution is -2.09. The van der Waals surface area contributed by atoms with Gasteiger partial charge in [0.2, 0.25) is 0 Å². The number of carboxylic acids is 1. The number of rotatable bonds is 8. The first kappa shape index (κ1) is 23.4. The lowest BCUT2D eigenvalue weighted by atomic mass is 9.80. The lowest BCUT2D eigenvalue weighted by Gasteiger charge is -2.25. The van der Waals surface area contributed by atoms with Gasteiger partial charge in [0.15, 0.2) is 0 Å². The van der Waals surface area contributed by atoms with E-state index in [-0.39, 0.29) is 17.1 Å². The van der Waals surface area contributed by atoms with E-state index in [0.29, 0.717) is 12.8 Å². The second-order valence-corrected chi connectivity index (χ2v) is 8.16. The highest BCUT2D eigenvalue weighted by molar-refractivity contribution is 5.87. The van der Waals surface area contributed by atoms with Gasteiger partial charge < -0.3 is 15.3 Å². The molecule has 32 heavy (non-hydrogen) atoms. The van der Waals surface area contributed by atoms with E-state index < -0.39 is 11.9 Å². The van der Waals surface area contributed by atoms with Gasteiger partial charge in [0.25, 0.3) is 0 Å². The summed E-state index contributed by atoms with van der Waals surface area (Å²) in [6, 6.07) is 14.8. The van der Waals surface area contributed by atoms with Gasteiger partial charge in [-0.25, -0.2) is 4.79 Å². The van der Waals surface area contributed by atoms with Gasteiger partial charge in [0.1, 0.15) is 11.5 Å². The van der Waals surface area contributed by atoms with E-state index in [9.17, 15) is 20.1 Å². The van der Waals surface area contributed by atoms with E-state index in [0.717, 1.165) is 51.8 Å². The molecule has 4 heteroatoms. The Morgan fingerprint density at radius 1 is 0.719 bits per heavy atom. The Balaban J connectivity index is 2.35. The quantitative estimate of drug-likeness (QED) is 0.369. The van der Waals surface area contributed by atoms with Crippen molar-refractivity contribution in [2.45, 2.75) is 59.3 Å². The van der Waals surface area contributed by atoms with E-state index in [2.05, 4.69) is 13.8 Å². The van der Waals surface area contributed by atoms with Crippen molar-refractivity contribution in [1.82, 2.24) is 0 Å². The molecule has 0 fully saturated rings. The fourth-order valence-electron chi connectivity index (χ4n) is 4.31. The summed E-state index contributed by atoms with van der Waals surface area (Å²) in [5.41, 5.74) is 6.46. The molecule has 3 aromatic carbocycles. The molecule has 3 N–H and O–H groups in total. The van der Waals surface area contributed by atoms with Gasteiger partial charge in [-0.2, -0.15) is 0 Å². The second-order valence-electron chi connectivity index (χ2n) is 8.16. The standard InChI is InChI=1S/C28H32O4/c1-5-17-13-19(7-3)26(29)23(15-17)25(21-9-11-22(12-10-21)28(31)32)24-16-18(6-2)14-20(8-4)27(24)30/h9-16,25,29-30H,5-8H2,1-4H3,(H,31,32). The highest BCUT2D eigenvalue weighted by atomic mass is 16.4. The molecule has 3 rings (SSSR count). The Labute approximate surface area is 190 Å². The van der Waals surface area contributed by atoms with E-state index in [4.69, 9.17) is 0 Å². The number of aryl methyl sites for hydroxylation is 4. The van der Waals surface area contributed by atoms with Crippen LogP contribution in [0.3, 0.4) is 0 Å². The normalized spacial score (nSPS) is 11.2. The number of hydrogen-bond acceptors (Lipinski definition) is 3. The van der Waals surface area contributed by atoms with Crippen LogP contribution in [0.1, 0.15) is 82.9 Å². The highest BCUT2D eigenvalue weighted by Crippen LogP contribution is 2.44. The third-order valence-corrected chi connectivity index (χ3v) is 6.25. The summed E-state index contributed by atoms with van der Waals surface area (Å²) in [6.45, 7) is 8.19. The number of phenols is 2. The summed E-state index contributed by atoms with van der Waals surface area (Å²) >= 11 is 0. The molecule has 0 radical (unpaired) electrons. The molecule has 0 saturated heterocycles. The topological polar surface area (TPSA) is 77.8 Å². The molecule has 0 bridgehead atoms. The minimum absolute atomic E-state index is 0.203. The maximum Gasteiger partial charge on any atom is 0.335 e. The van der Waals surface area contributed by atoms with Gasteiger partial charge in [0.05, 0.1) is 5.56 Å².